The number of carbonyl (C=O) groups is 1. The minimum Gasteiger partial charge on any atom is -0.497 e. The van der Waals surface area contributed by atoms with Gasteiger partial charge in [0.2, 0.25) is 5.91 Å². The van der Waals surface area contributed by atoms with Crippen molar-refractivity contribution < 1.29 is 9.53 Å². The number of hydrogen-bond donors (Lipinski definition) is 0. The lowest BCUT2D eigenvalue weighted by Gasteiger charge is -2.18. The van der Waals surface area contributed by atoms with Crippen molar-refractivity contribution in [3.05, 3.63) is 54.4 Å². The minimum absolute atomic E-state index is 0.106. The first-order chi connectivity index (χ1) is 13.6. The molecule has 146 valence electrons. The van der Waals surface area contributed by atoms with Crippen LogP contribution in [0.15, 0.2) is 48.5 Å². The molecule has 5 nitrogen and oxygen atoms in total. The molecule has 4 rings (SSSR count). The first kappa shape index (κ1) is 18.5. The monoisotopic (exact) mass is 377 g/mol. The molecule has 28 heavy (non-hydrogen) atoms. The predicted octanol–water partition coefficient (Wildman–Crippen LogP) is 4.61. The van der Waals surface area contributed by atoms with Crippen molar-refractivity contribution in [2.24, 2.45) is 5.92 Å². The van der Waals surface area contributed by atoms with Gasteiger partial charge in [-0.25, -0.2) is 4.98 Å². The van der Waals surface area contributed by atoms with Gasteiger partial charge in [0.25, 0.3) is 0 Å². The summed E-state index contributed by atoms with van der Waals surface area (Å²) in [5.74, 6) is 2.70. The van der Waals surface area contributed by atoms with E-state index in [1.165, 1.54) is 0 Å². The van der Waals surface area contributed by atoms with Crippen molar-refractivity contribution in [3.8, 4) is 5.75 Å². The maximum atomic E-state index is 12.8. The van der Waals surface area contributed by atoms with Gasteiger partial charge in [0.15, 0.2) is 0 Å². The van der Waals surface area contributed by atoms with Gasteiger partial charge >= 0.3 is 0 Å². The van der Waals surface area contributed by atoms with Crippen LogP contribution in [0.5, 0.6) is 5.75 Å². The van der Waals surface area contributed by atoms with Crippen LogP contribution >= 0.6 is 0 Å². The molecular weight excluding hydrogens is 350 g/mol. The fourth-order valence-electron chi connectivity index (χ4n) is 3.92. The van der Waals surface area contributed by atoms with Crippen LogP contribution in [0, 0.1) is 5.92 Å². The first-order valence-corrected chi connectivity index (χ1v) is 9.96. The van der Waals surface area contributed by atoms with E-state index >= 15 is 0 Å². The van der Waals surface area contributed by atoms with E-state index in [0.717, 1.165) is 41.3 Å². The van der Waals surface area contributed by atoms with Gasteiger partial charge in [-0.15, -0.1) is 0 Å². The summed E-state index contributed by atoms with van der Waals surface area (Å²) in [4.78, 5) is 19.6. The lowest BCUT2D eigenvalue weighted by atomic mass is 10.1. The van der Waals surface area contributed by atoms with E-state index in [4.69, 9.17) is 9.72 Å². The van der Waals surface area contributed by atoms with Crippen LogP contribution in [-0.4, -0.2) is 29.1 Å². The summed E-state index contributed by atoms with van der Waals surface area (Å²) in [5, 5.41) is 0. The van der Waals surface area contributed by atoms with Gasteiger partial charge in [-0.1, -0.05) is 26.0 Å². The number of benzene rings is 2. The van der Waals surface area contributed by atoms with Gasteiger partial charge in [0, 0.05) is 31.1 Å². The van der Waals surface area contributed by atoms with Crippen LogP contribution < -0.4 is 9.64 Å². The Bertz CT molecular complexity index is 975. The number of hydrogen-bond acceptors (Lipinski definition) is 3. The topological polar surface area (TPSA) is 47.4 Å². The van der Waals surface area contributed by atoms with E-state index in [-0.39, 0.29) is 11.8 Å². The molecule has 1 aliphatic rings. The smallest absolute Gasteiger partial charge is 0.227 e. The zero-order chi connectivity index (χ0) is 19.7. The third-order valence-electron chi connectivity index (χ3n) is 5.49. The number of para-hydroxylation sites is 2. The SMILES string of the molecule is COc1ccc(N2C[C@@H](c3nc4ccccc4n3CCC(C)C)CC2=O)cc1. The van der Waals surface area contributed by atoms with Gasteiger partial charge in [0.1, 0.15) is 11.6 Å². The highest BCUT2D eigenvalue weighted by atomic mass is 16.5. The molecule has 0 spiro atoms. The van der Waals surface area contributed by atoms with Gasteiger partial charge in [0.05, 0.1) is 18.1 Å². The number of nitrogens with zero attached hydrogens (tertiary/aromatic N) is 3. The molecule has 0 saturated carbocycles. The number of carbonyl (C=O) groups excluding carboxylic acids is 1. The second-order valence-corrected chi connectivity index (χ2v) is 7.90. The Hall–Kier alpha value is -2.82. The van der Waals surface area contributed by atoms with Crippen LogP contribution in [0.1, 0.15) is 38.4 Å². The number of aromatic nitrogens is 2. The molecule has 5 heteroatoms. The zero-order valence-electron chi connectivity index (χ0n) is 16.8. The zero-order valence-corrected chi connectivity index (χ0v) is 16.8. The summed E-state index contributed by atoms with van der Waals surface area (Å²) in [6.45, 7) is 6.07. The van der Waals surface area contributed by atoms with Gasteiger partial charge in [-0.2, -0.15) is 0 Å². The number of ether oxygens (including phenoxy) is 1. The van der Waals surface area contributed by atoms with Gasteiger partial charge in [-0.05, 0) is 48.7 Å². The molecule has 1 amide bonds. The molecule has 1 aliphatic heterocycles. The fraction of sp³-hybridized carbons (Fsp3) is 0.391. The number of imidazole rings is 1. The highest BCUT2D eigenvalue weighted by Crippen LogP contribution is 2.34. The number of aryl methyl sites for hydroxylation is 1. The van der Waals surface area contributed by atoms with Crippen molar-refractivity contribution in [1.82, 2.24) is 9.55 Å². The number of amides is 1. The van der Waals surface area contributed by atoms with Crippen LogP contribution in [0.2, 0.25) is 0 Å². The van der Waals surface area contributed by atoms with Gasteiger partial charge < -0.3 is 14.2 Å². The molecule has 0 radical (unpaired) electrons. The summed E-state index contributed by atoms with van der Waals surface area (Å²) >= 11 is 0. The van der Waals surface area contributed by atoms with Crippen LogP contribution in [0.3, 0.4) is 0 Å². The summed E-state index contributed by atoms with van der Waals surface area (Å²) in [5.41, 5.74) is 3.09. The molecule has 0 aliphatic carbocycles. The lowest BCUT2D eigenvalue weighted by molar-refractivity contribution is -0.117. The largest absolute Gasteiger partial charge is 0.497 e. The second-order valence-electron chi connectivity index (χ2n) is 7.90. The normalized spacial score (nSPS) is 17.1. The van der Waals surface area contributed by atoms with Crippen LogP contribution in [0.25, 0.3) is 11.0 Å². The Labute approximate surface area is 165 Å². The Morgan fingerprint density at radius 2 is 1.89 bits per heavy atom. The highest BCUT2D eigenvalue weighted by Gasteiger charge is 2.34. The molecular formula is C23H27N3O2. The van der Waals surface area contributed by atoms with Crippen molar-refractivity contribution in [3.63, 3.8) is 0 Å². The summed E-state index contributed by atoms with van der Waals surface area (Å²) in [6, 6.07) is 16.0. The number of rotatable bonds is 6. The third-order valence-corrected chi connectivity index (χ3v) is 5.49. The second kappa shape index (κ2) is 7.66. The average Bonchev–Trinajstić information content (AvgIpc) is 3.27. The summed E-state index contributed by atoms with van der Waals surface area (Å²) < 4.78 is 7.55. The predicted molar refractivity (Wildman–Crippen MR) is 112 cm³/mol. The number of anilines is 1. The average molecular weight is 377 g/mol. The fourth-order valence-corrected chi connectivity index (χ4v) is 3.92. The van der Waals surface area contributed by atoms with E-state index in [9.17, 15) is 4.79 Å². The molecule has 0 N–H and O–H groups in total. The van der Waals surface area contributed by atoms with Crippen molar-refractivity contribution in [1.29, 1.82) is 0 Å². The molecule has 2 aromatic carbocycles. The van der Waals surface area contributed by atoms with Crippen molar-refractivity contribution in [2.75, 3.05) is 18.6 Å². The summed E-state index contributed by atoms with van der Waals surface area (Å²) in [7, 11) is 1.65. The van der Waals surface area contributed by atoms with Crippen molar-refractivity contribution >= 4 is 22.6 Å². The molecule has 0 unspecified atom stereocenters. The van der Waals surface area contributed by atoms with E-state index in [1.54, 1.807) is 7.11 Å². The molecule has 1 aromatic heterocycles. The maximum absolute atomic E-state index is 12.8. The molecule has 2 heterocycles. The molecule has 1 atom stereocenters. The Morgan fingerprint density at radius 3 is 2.61 bits per heavy atom. The number of methoxy groups -OCH3 is 1. The third kappa shape index (κ3) is 3.49. The molecule has 3 aromatic rings. The van der Waals surface area contributed by atoms with Crippen LogP contribution in [-0.2, 0) is 11.3 Å². The Morgan fingerprint density at radius 1 is 1.14 bits per heavy atom. The first-order valence-electron chi connectivity index (χ1n) is 9.96. The molecule has 1 saturated heterocycles. The number of fused-ring (bicyclic) bond motifs is 1. The van der Waals surface area contributed by atoms with E-state index < -0.39 is 0 Å². The van der Waals surface area contributed by atoms with Gasteiger partial charge in [-0.3, -0.25) is 4.79 Å². The lowest BCUT2D eigenvalue weighted by Crippen LogP contribution is -2.24. The molecule has 1 fully saturated rings. The Balaban J connectivity index is 1.64. The summed E-state index contributed by atoms with van der Waals surface area (Å²) in [6.07, 6.45) is 1.59. The van der Waals surface area contributed by atoms with Crippen LogP contribution in [0.4, 0.5) is 5.69 Å². The molecule has 0 bridgehead atoms. The van der Waals surface area contributed by atoms with E-state index in [0.29, 0.717) is 18.9 Å². The van der Waals surface area contributed by atoms with Crippen molar-refractivity contribution in [2.45, 2.75) is 39.2 Å². The highest BCUT2D eigenvalue weighted by molar-refractivity contribution is 5.96. The maximum Gasteiger partial charge on any atom is 0.227 e. The van der Waals surface area contributed by atoms with E-state index in [2.05, 4.69) is 36.6 Å². The quantitative estimate of drug-likeness (QED) is 0.630. The Kier molecular flexibility index (Phi) is 5.07. The van der Waals surface area contributed by atoms with E-state index in [1.807, 2.05) is 35.2 Å². The minimum atomic E-state index is 0.106. The standard InChI is InChI=1S/C23H27N3O2/c1-16(2)12-13-25-21-7-5-4-6-20(21)24-23(25)17-14-22(27)26(15-17)18-8-10-19(28-3)11-9-18/h4-11,16-17H,12-15H2,1-3H3/t17-/m0/s1.